The lowest BCUT2D eigenvalue weighted by Gasteiger charge is -2.27. The number of carboxylic acid groups (broad SMARTS) is 1. The lowest BCUT2D eigenvalue weighted by Crippen LogP contribution is -2.60. The third-order valence-corrected chi connectivity index (χ3v) is 11.1. The number of aliphatic carboxylic acids is 1. The number of hydrogen-bond acceptors (Lipinski definition) is 11. The van der Waals surface area contributed by atoms with E-state index in [0.29, 0.717) is 36.9 Å². The van der Waals surface area contributed by atoms with E-state index >= 15 is 0 Å². The van der Waals surface area contributed by atoms with Crippen LogP contribution in [0.1, 0.15) is 56.1 Å². The average Bonchev–Trinajstić information content (AvgIpc) is 3.90. The summed E-state index contributed by atoms with van der Waals surface area (Å²) >= 11 is 4.28. The van der Waals surface area contributed by atoms with E-state index in [9.17, 15) is 33.9 Å². The number of aliphatic imine (C=N–C) groups is 2. The molecule has 0 saturated carbocycles. The van der Waals surface area contributed by atoms with Crippen molar-refractivity contribution < 1.29 is 33.9 Å². The van der Waals surface area contributed by atoms with Crippen molar-refractivity contribution in [3.05, 3.63) is 72.1 Å². The number of para-hydroxylation sites is 2. The van der Waals surface area contributed by atoms with Crippen molar-refractivity contribution in [2.24, 2.45) is 44.4 Å². The Morgan fingerprint density at radius 3 is 1.48 bits per heavy atom. The molecule has 0 unspecified atom stereocenters. The van der Waals surface area contributed by atoms with Gasteiger partial charge in [0.25, 0.3) is 0 Å². The summed E-state index contributed by atoms with van der Waals surface area (Å²) in [5.41, 5.74) is 36.4. The van der Waals surface area contributed by atoms with Crippen LogP contribution in [-0.2, 0) is 41.6 Å². The largest absolute Gasteiger partial charge is 0.480 e. The number of thiol groups is 1. The molecule has 2 aromatic carbocycles. The number of fused-ring (bicyclic) bond motifs is 2. The van der Waals surface area contributed by atoms with Gasteiger partial charge in [-0.15, -0.1) is 0 Å². The number of unbranched alkanes of at least 4 members (excludes halogenated alkanes) is 1. The van der Waals surface area contributed by atoms with E-state index in [1.165, 1.54) is 0 Å². The third-order valence-electron chi connectivity index (χ3n) is 10.7. The van der Waals surface area contributed by atoms with Gasteiger partial charge >= 0.3 is 5.97 Å². The van der Waals surface area contributed by atoms with Crippen LogP contribution in [0.15, 0.2) is 70.9 Å². The number of benzene rings is 2. The molecule has 0 aliphatic rings. The summed E-state index contributed by atoms with van der Waals surface area (Å²) in [4.78, 5) is 96.3. The van der Waals surface area contributed by atoms with Crippen LogP contribution in [0.5, 0.6) is 0 Å². The molecule has 0 saturated heterocycles. The number of nitrogens with zero attached hydrogens (tertiary/aromatic N) is 2. The SMILES string of the molecule is NCCCC[C@H](NC(=O)[C@H](CS)NC(=O)[C@H](Cc1c[nH]c2ccccc12)NC(=O)[C@H](Cc1c[nH]c2ccccc12)NC(=O)[C@H](CCCN=C(N)N)NC(=O)[C@@H](N)CCCN=C(N)N)C(=O)O. The van der Waals surface area contributed by atoms with Gasteiger partial charge in [-0.25, -0.2) is 4.79 Å². The summed E-state index contributed by atoms with van der Waals surface area (Å²) < 4.78 is 0. The van der Waals surface area contributed by atoms with E-state index in [-0.39, 0.29) is 69.3 Å². The number of rotatable bonds is 28. The van der Waals surface area contributed by atoms with Crippen LogP contribution in [0.4, 0.5) is 0 Å². The first kappa shape index (κ1) is 51.8. The highest BCUT2D eigenvalue weighted by Gasteiger charge is 2.33. The van der Waals surface area contributed by atoms with Crippen molar-refractivity contribution in [2.45, 2.75) is 94.0 Å². The number of guanidine groups is 2. The Kier molecular flexibility index (Phi) is 20.6. The van der Waals surface area contributed by atoms with Crippen molar-refractivity contribution in [1.82, 2.24) is 36.6 Å². The Hall–Kier alpha value is -6.85. The fourth-order valence-corrected chi connectivity index (χ4v) is 7.45. The Labute approximate surface area is 387 Å². The predicted octanol–water partition coefficient (Wildman–Crippen LogP) is -1.56. The van der Waals surface area contributed by atoms with Gasteiger partial charge < -0.3 is 76.1 Å². The summed E-state index contributed by atoms with van der Waals surface area (Å²) in [6, 6.07) is 7.23. The van der Waals surface area contributed by atoms with E-state index in [2.05, 4.69) is 59.2 Å². The molecule has 0 aliphatic heterocycles. The van der Waals surface area contributed by atoms with Crippen molar-refractivity contribution in [3.63, 3.8) is 0 Å². The molecule has 5 amide bonds. The molecule has 2 aromatic heterocycles. The number of carbonyl (C=O) groups is 6. The van der Waals surface area contributed by atoms with Crippen molar-refractivity contribution in [1.29, 1.82) is 0 Å². The zero-order chi connectivity index (χ0) is 48.2. The van der Waals surface area contributed by atoms with Crippen molar-refractivity contribution in [2.75, 3.05) is 25.4 Å². The van der Waals surface area contributed by atoms with Crippen molar-refractivity contribution in [3.8, 4) is 0 Å². The maximum atomic E-state index is 14.7. The Morgan fingerprint density at radius 2 is 1.00 bits per heavy atom. The fourth-order valence-electron chi connectivity index (χ4n) is 7.19. The molecular formula is C43H63N15O7S. The van der Waals surface area contributed by atoms with Crippen LogP contribution >= 0.6 is 12.6 Å². The number of carbonyl (C=O) groups excluding carboxylic acids is 5. The first-order valence-electron chi connectivity index (χ1n) is 21.6. The monoisotopic (exact) mass is 933 g/mol. The number of nitrogens with one attached hydrogen (secondary N) is 7. The highest BCUT2D eigenvalue weighted by Crippen LogP contribution is 2.21. The molecule has 0 fully saturated rings. The zero-order valence-corrected chi connectivity index (χ0v) is 37.5. The van der Waals surface area contributed by atoms with Gasteiger partial charge in [0.1, 0.15) is 30.2 Å². The normalized spacial score (nSPS) is 13.9. The van der Waals surface area contributed by atoms with Crippen LogP contribution in [0.25, 0.3) is 21.8 Å². The number of hydrogen-bond donors (Lipinski definition) is 15. The van der Waals surface area contributed by atoms with Crippen LogP contribution in [0, 0.1) is 0 Å². The summed E-state index contributed by atoms with van der Waals surface area (Å²) in [6.07, 6.45) is 5.26. The van der Waals surface area contributed by atoms with Gasteiger partial charge in [-0.05, 0) is 74.8 Å². The summed E-state index contributed by atoms with van der Waals surface area (Å²) in [6.45, 7) is 0.716. The first-order valence-corrected chi connectivity index (χ1v) is 22.3. The molecule has 0 spiro atoms. The second kappa shape index (κ2) is 26.2. The first-order chi connectivity index (χ1) is 31.6. The lowest BCUT2D eigenvalue weighted by molar-refractivity contribution is -0.142. The number of nitrogens with two attached hydrogens (primary N) is 6. The van der Waals surface area contributed by atoms with Gasteiger partial charge in [0.05, 0.1) is 6.04 Å². The van der Waals surface area contributed by atoms with Crippen LogP contribution < -0.4 is 61.0 Å². The molecule has 22 nitrogen and oxygen atoms in total. The van der Waals surface area contributed by atoms with Gasteiger partial charge in [-0.3, -0.25) is 34.0 Å². The number of amides is 5. The minimum Gasteiger partial charge on any atom is -0.480 e. The zero-order valence-electron chi connectivity index (χ0n) is 36.6. The number of carboxylic acids is 1. The third kappa shape index (κ3) is 16.0. The van der Waals surface area contributed by atoms with Gasteiger partial charge in [0, 0.05) is 65.9 Å². The standard InChI is InChI=1S/C43H63N15O7S/c44-16-6-5-14-32(41(64)65)55-40(63)35(23-66)58-39(62)34(20-25-22-53-30-13-4-2-10-27(25)30)57-38(61)33(19-24-21-52-29-12-3-1-9-26(24)29)56-37(60)31(15-8-18-51-43(48)49)54-36(59)28(45)11-7-17-50-42(46)47/h1-4,9-10,12-13,21-22,28,31-35,52-53,66H,5-8,11,14-20,23,44-45H2,(H,54,59)(H,55,63)(H,56,60)(H,57,61)(H,58,62)(H,64,65)(H4,46,47,50)(H4,48,49,51)/t28-,31-,32-,33-,34-,35-/m0/s1. The number of aromatic nitrogens is 2. The van der Waals surface area contributed by atoms with Crippen LogP contribution in [0.3, 0.4) is 0 Å². The van der Waals surface area contributed by atoms with Gasteiger partial charge in [-0.2, -0.15) is 12.6 Å². The second-order valence-electron chi connectivity index (χ2n) is 15.7. The molecule has 0 radical (unpaired) electrons. The molecule has 358 valence electrons. The Balaban J connectivity index is 1.66. The smallest absolute Gasteiger partial charge is 0.326 e. The molecule has 2 heterocycles. The van der Waals surface area contributed by atoms with E-state index in [0.717, 1.165) is 21.8 Å². The molecule has 4 aromatic rings. The topological polar surface area (TPSA) is 395 Å². The maximum absolute atomic E-state index is 14.7. The van der Waals surface area contributed by atoms with E-state index in [4.69, 9.17) is 34.4 Å². The molecule has 66 heavy (non-hydrogen) atoms. The van der Waals surface area contributed by atoms with Crippen LogP contribution in [0.2, 0.25) is 0 Å². The predicted molar refractivity (Wildman–Crippen MR) is 256 cm³/mol. The van der Waals surface area contributed by atoms with E-state index in [1.807, 2.05) is 48.5 Å². The van der Waals surface area contributed by atoms with Crippen LogP contribution in [-0.4, -0.2) is 124 Å². The molecule has 23 heteroatoms. The van der Waals surface area contributed by atoms with E-state index < -0.39 is 71.8 Å². The van der Waals surface area contributed by atoms with Gasteiger partial charge in [0.15, 0.2) is 11.9 Å². The Morgan fingerprint density at radius 1 is 0.576 bits per heavy atom. The number of aromatic amines is 2. The Bertz CT molecular complexity index is 2330. The van der Waals surface area contributed by atoms with Gasteiger partial charge in [0.2, 0.25) is 29.5 Å². The fraction of sp³-hybridized carbons (Fsp3) is 0.442. The highest BCUT2D eigenvalue weighted by molar-refractivity contribution is 7.80. The molecular weight excluding hydrogens is 871 g/mol. The lowest BCUT2D eigenvalue weighted by atomic mass is 10.0. The van der Waals surface area contributed by atoms with Gasteiger partial charge in [-0.1, -0.05) is 36.4 Å². The van der Waals surface area contributed by atoms with Crippen molar-refractivity contribution >= 4 is 81.9 Å². The molecule has 0 bridgehead atoms. The number of H-pyrrole nitrogens is 2. The quantitative estimate of drug-likeness (QED) is 0.0133. The minimum absolute atomic E-state index is 0.0467. The molecule has 0 aliphatic carbocycles. The molecule has 4 rings (SSSR count). The molecule has 20 N–H and O–H groups in total. The summed E-state index contributed by atoms with van der Waals surface area (Å²) in [5, 5.41) is 24.8. The second-order valence-corrected chi connectivity index (χ2v) is 16.1. The molecule has 6 atom stereocenters. The summed E-state index contributed by atoms with van der Waals surface area (Å²) in [5.74, 6) is -5.44. The van der Waals surface area contributed by atoms with E-state index in [1.54, 1.807) is 12.4 Å². The average molecular weight is 934 g/mol. The highest BCUT2D eigenvalue weighted by atomic mass is 32.1. The maximum Gasteiger partial charge on any atom is 0.326 e. The summed E-state index contributed by atoms with van der Waals surface area (Å²) in [7, 11) is 0. The minimum atomic E-state index is -1.35.